The number of benzene rings is 2. The number of carboxylic acids is 1. The summed E-state index contributed by atoms with van der Waals surface area (Å²) in [5.74, 6) is 0.606. The number of aliphatic carboxylic acids is 1. The van der Waals surface area contributed by atoms with Gasteiger partial charge in [0.15, 0.2) is 0 Å². The third kappa shape index (κ3) is 6.02. The number of hydrogen-bond acceptors (Lipinski definition) is 5. The van der Waals surface area contributed by atoms with Crippen molar-refractivity contribution in [1.82, 2.24) is 0 Å². The molecule has 6 heteroatoms. The molecule has 0 aliphatic carbocycles. The van der Waals surface area contributed by atoms with Gasteiger partial charge in [-0.15, -0.1) is 11.8 Å². The van der Waals surface area contributed by atoms with E-state index in [1.807, 2.05) is 67.1 Å². The molecule has 1 N–H and O–H groups in total. The normalized spacial score (nSPS) is 11.8. The predicted octanol–water partition coefficient (Wildman–Crippen LogP) is 6.34. The highest BCUT2D eigenvalue weighted by Crippen LogP contribution is 2.36. The number of thioether (sulfide) groups is 1. The van der Waals surface area contributed by atoms with Crippen LogP contribution in [0.25, 0.3) is 0 Å². The second-order valence-electron chi connectivity index (χ2n) is 6.63. The van der Waals surface area contributed by atoms with Crippen LogP contribution in [0.1, 0.15) is 35.6 Å². The fourth-order valence-corrected chi connectivity index (χ4v) is 4.18. The summed E-state index contributed by atoms with van der Waals surface area (Å²) in [5.41, 5.74) is 3.22. The third-order valence-corrected chi connectivity index (χ3v) is 6.05. The standard InChI is InChI=1S/C23H24O4S2/c1-16-5-3-4-6-19(16)20(8-10-23(24)25)27-21-13-18(7-9-22(21)28-2)26-14-17-11-12-29-15-17/h3-7,9,11-13,15,20H,8,10,14H2,1-2H3,(H,24,25)/t20-/m0/s1. The van der Waals surface area contributed by atoms with E-state index in [4.69, 9.17) is 9.47 Å². The van der Waals surface area contributed by atoms with Gasteiger partial charge in [0.25, 0.3) is 0 Å². The number of carbonyl (C=O) groups is 1. The summed E-state index contributed by atoms with van der Waals surface area (Å²) in [6, 6.07) is 15.8. The Morgan fingerprint density at radius 1 is 1.21 bits per heavy atom. The van der Waals surface area contributed by atoms with Crippen LogP contribution < -0.4 is 9.47 Å². The summed E-state index contributed by atoms with van der Waals surface area (Å²) < 4.78 is 12.3. The van der Waals surface area contributed by atoms with Crippen molar-refractivity contribution in [2.24, 2.45) is 0 Å². The summed E-state index contributed by atoms with van der Waals surface area (Å²) >= 11 is 3.23. The zero-order chi connectivity index (χ0) is 20.6. The lowest BCUT2D eigenvalue weighted by molar-refractivity contribution is -0.137. The minimum absolute atomic E-state index is 0.0436. The molecule has 0 unspecified atom stereocenters. The Labute approximate surface area is 179 Å². The number of aryl methyl sites for hydroxylation is 1. The Morgan fingerprint density at radius 3 is 2.72 bits per heavy atom. The van der Waals surface area contributed by atoms with E-state index < -0.39 is 5.97 Å². The van der Waals surface area contributed by atoms with Crippen LogP contribution in [0, 0.1) is 6.92 Å². The molecule has 1 aromatic heterocycles. The highest BCUT2D eigenvalue weighted by molar-refractivity contribution is 7.98. The van der Waals surface area contributed by atoms with Crippen molar-refractivity contribution in [2.45, 2.75) is 37.4 Å². The van der Waals surface area contributed by atoms with Gasteiger partial charge in [0.1, 0.15) is 24.2 Å². The zero-order valence-electron chi connectivity index (χ0n) is 16.5. The summed E-state index contributed by atoms with van der Waals surface area (Å²) in [5, 5.41) is 13.3. The van der Waals surface area contributed by atoms with Gasteiger partial charge >= 0.3 is 5.97 Å². The van der Waals surface area contributed by atoms with Crippen LogP contribution in [-0.2, 0) is 11.4 Å². The second kappa shape index (κ2) is 10.4. The molecule has 0 spiro atoms. The highest BCUT2D eigenvalue weighted by atomic mass is 32.2. The van der Waals surface area contributed by atoms with Gasteiger partial charge in [-0.05, 0) is 65.2 Å². The Morgan fingerprint density at radius 2 is 2.03 bits per heavy atom. The minimum Gasteiger partial charge on any atom is -0.489 e. The van der Waals surface area contributed by atoms with Crippen molar-refractivity contribution in [3.63, 3.8) is 0 Å². The second-order valence-corrected chi connectivity index (χ2v) is 8.26. The van der Waals surface area contributed by atoms with Gasteiger partial charge < -0.3 is 14.6 Å². The first-order chi connectivity index (χ1) is 14.1. The first-order valence-corrected chi connectivity index (χ1v) is 11.5. The monoisotopic (exact) mass is 428 g/mol. The number of ether oxygens (including phenoxy) is 2. The van der Waals surface area contributed by atoms with E-state index in [0.29, 0.717) is 18.8 Å². The van der Waals surface area contributed by atoms with Gasteiger partial charge in [-0.1, -0.05) is 24.3 Å². The van der Waals surface area contributed by atoms with Crippen molar-refractivity contribution in [2.75, 3.05) is 6.26 Å². The quantitative estimate of drug-likeness (QED) is 0.382. The molecule has 0 radical (unpaired) electrons. The Balaban J connectivity index is 1.83. The minimum atomic E-state index is -0.829. The first kappa shape index (κ1) is 21.3. The van der Waals surface area contributed by atoms with Crippen LogP contribution in [0.4, 0.5) is 0 Å². The molecule has 3 aromatic rings. The van der Waals surface area contributed by atoms with E-state index in [-0.39, 0.29) is 12.5 Å². The Bertz CT molecular complexity index is 938. The van der Waals surface area contributed by atoms with E-state index >= 15 is 0 Å². The van der Waals surface area contributed by atoms with E-state index in [1.54, 1.807) is 23.1 Å². The lowest BCUT2D eigenvalue weighted by Gasteiger charge is -2.22. The average Bonchev–Trinajstić information content (AvgIpc) is 3.24. The third-order valence-electron chi connectivity index (χ3n) is 4.55. The molecule has 0 aliphatic rings. The molecule has 3 rings (SSSR count). The van der Waals surface area contributed by atoms with Crippen molar-refractivity contribution >= 4 is 29.1 Å². The molecule has 29 heavy (non-hydrogen) atoms. The molecule has 0 saturated heterocycles. The number of carboxylic acid groups (broad SMARTS) is 1. The van der Waals surface area contributed by atoms with Crippen LogP contribution >= 0.6 is 23.1 Å². The van der Waals surface area contributed by atoms with Crippen molar-refractivity contribution in [3.05, 3.63) is 76.0 Å². The first-order valence-electron chi connectivity index (χ1n) is 9.32. The molecule has 0 bridgehead atoms. The van der Waals surface area contributed by atoms with E-state index in [2.05, 4.69) is 5.38 Å². The van der Waals surface area contributed by atoms with Crippen molar-refractivity contribution in [1.29, 1.82) is 0 Å². The number of hydrogen-bond donors (Lipinski definition) is 1. The van der Waals surface area contributed by atoms with Crippen LogP contribution in [0.5, 0.6) is 11.5 Å². The molecule has 0 aliphatic heterocycles. The smallest absolute Gasteiger partial charge is 0.303 e. The molecular weight excluding hydrogens is 404 g/mol. The van der Waals surface area contributed by atoms with Crippen molar-refractivity contribution in [3.8, 4) is 11.5 Å². The molecule has 1 heterocycles. The SMILES string of the molecule is CSc1ccc(OCc2ccsc2)cc1O[C@@H](CCC(=O)O)c1ccccc1C. The molecule has 0 amide bonds. The van der Waals surface area contributed by atoms with Gasteiger partial charge in [-0.25, -0.2) is 0 Å². The van der Waals surface area contributed by atoms with Crippen LogP contribution in [0.15, 0.2) is 64.2 Å². The molecular formula is C23H24O4S2. The molecule has 152 valence electrons. The predicted molar refractivity (Wildman–Crippen MR) is 118 cm³/mol. The lowest BCUT2D eigenvalue weighted by atomic mass is 10.00. The van der Waals surface area contributed by atoms with E-state index in [1.165, 1.54) is 0 Å². The molecule has 1 atom stereocenters. The average molecular weight is 429 g/mol. The largest absolute Gasteiger partial charge is 0.489 e. The van der Waals surface area contributed by atoms with Crippen LogP contribution in [-0.4, -0.2) is 17.3 Å². The maximum absolute atomic E-state index is 11.2. The number of rotatable bonds is 10. The zero-order valence-corrected chi connectivity index (χ0v) is 18.1. The fraction of sp³-hybridized carbons (Fsp3) is 0.261. The molecule has 4 nitrogen and oxygen atoms in total. The summed E-state index contributed by atoms with van der Waals surface area (Å²) in [7, 11) is 0. The van der Waals surface area contributed by atoms with Gasteiger partial charge in [0, 0.05) is 17.4 Å². The number of thiophene rings is 1. The molecule has 2 aromatic carbocycles. The van der Waals surface area contributed by atoms with Gasteiger partial charge in [0.2, 0.25) is 0 Å². The van der Waals surface area contributed by atoms with E-state index in [0.717, 1.165) is 27.3 Å². The van der Waals surface area contributed by atoms with Gasteiger partial charge in [0.05, 0.1) is 0 Å². The van der Waals surface area contributed by atoms with Gasteiger partial charge in [-0.2, -0.15) is 11.3 Å². The lowest BCUT2D eigenvalue weighted by Crippen LogP contribution is -2.12. The summed E-state index contributed by atoms with van der Waals surface area (Å²) in [6.45, 7) is 2.52. The van der Waals surface area contributed by atoms with E-state index in [9.17, 15) is 9.90 Å². The molecule has 0 fully saturated rings. The van der Waals surface area contributed by atoms with Crippen LogP contribution in [0.2, 0.25) is 0 Å². The summed E-state index contributed by atoms with van der Waals surface area (Å²) in [6.07, 6.45) is 2.09. The fourth-order valence-electron chi connectivity index (χ4n) is 3.01. The highest BCUT2D eigenvalue weighted by Gasteiger charge is 2.19. The van der Waals surface area contributed by atoms with Gasteiger partial charge in [-0.3, -0.25) is 4.79 Å². The maximum Gasteiger partial charge on any atom is 0.303 e. The van der Waals surface area contributed by atoms with Crippen molar-refractivity contribution < 1.29 is 19.4 Å². The Kier molecular flexibility index (Phi) is 7.61. The maximum atomic E-state index is 11.2. The summed E-state index contributed by atoms with van der Waals surface area (Å²) in [4.78, 5) is 12.2. The molecule has 0 saturated carbocycles. The Hall–Kier alpha value is -2.44. The van der Waals surface area contributed by atoms with Crippen LogP contribution in [0.3, 0.4) is 0 Å². The topological polar surface area (TPSA) is 55.8 Å².